The summed E-state index contributed by atoms with van der Waals surface area (Å²) in [5.41, 5.74) is -0.331. The molecule has 8 heteroatoms. The minimum atomic E-state index is -4.77. The molecule has 1 atom stereocenters. The van der Waals surface area contributed by atoms with Gasteiger partial charge in [0.2, 0.25) is 6.10 Å². The van der Waals surface area contributed by atoms with Gasteiger partial charge in [-0.25, -0.2) is 4.79 Å². The number of hydrogen-bond donors (Lipinski definition) is 0. The predicted octanol–water partition coefficient (Wildman–Crippen LogP) is 4.46. The first-order valence-electron chi connectivity index (χ1n) is 7.00. The zero-order valence-corrected chi connectivity index (χ0v) is 13.8. The van der Waals surface area contributed by atoms with E-state index >= 15 is 0 Å². The molecule has 0 aliphatic rings. The van der Waals surface area contributed by atoms with Gasteiger partial charge in [0.15, 0.2) is 0 Å². The predicted molar refractivity (Wildman–Crippen MR) is 87.3 cm³/mol. The van der Waals surface area contributed by atoms with Gasteiger partial charge in [0.05, 0.1) is 12.7 Å². The minimum absolute atomic E-state index is 0.0345. The van der Waals surface area contributed by atoms with E-state index in [9.17, 15) is 18.0 Å². The number of benzene rings is 2. The molecule has 2 rings (SSSR count). The van der Waals surface area contributed by atoms with Crippen molar-refractivity contribution >= 4 is 23.4 Å². The van der Waals surface area contributed by atoms with Crippen LogP contribution in [0.4, 0.5) is 13.2 Å². The van der Waals surface area contributed by atoms with Crippen molar-refractivity contribution in [3.63, 3.8) is 0 Å². The highest BCUT2D eigenvalue weighted by Gasteiger charge is 2.44. The van der Waals surface area contributed by atoms with E-state index < -0.39 is 23.5 Å². The van der Waals surface area contributed by atoms with Gasteiger partial charge in [-0.3, -0.25) is 0 Å². The molecule has 0 aliphatic heterocycles. The summed E-state index contributed by atoms with van der Waals surface area (Å²) in [6.07, 6.45) is -7.15. The van der Waals surface area contributed by atoms with Crippen LogP contribution in [0.1, 0.15) is 22.0 Å². The SMILES string of the molecule is COC(=O)c1cccc(C(OC(=S)Oc2ccccc2)C(F)(F)F)c1. The average Bonchev–Trinajstić information content (AvgIpc) is 2.59. The second-order valence-electron chi connectivity index (χ2n) is 4.82. The van der Waals surface area contributed by atoms with Crippen molar-refractivity contribution in [2.75, 3.05) is 7.11 Å². The summed E-state index contributed by atoms with van der Waals surface area (Å²) >= 11 is 4.75. The largest absolute Gasteiger partial charge is 0.465 e. The van der Waals surface area contributed by atoms with Gasteiger partial charge in [-0.15, -0.1) is 0 Å². The summed E-state index contributed by atoms with van der Waals surface area (Å²) in [5.74, 6) is -0.511. The summed E-state index contributed by atoms with van der Waals surface area (Å²) in [6, 6.07) is 12.9. The molecule has 0 bridgehead atoms. The van der Waals surface area contributed by atoms with Gasteiger partial charge >= 0.3 is 17.4 Å². The van der Waals surface area contributed by atoms with Crippen LogP contribution in [0.25, 0.3) is 0 Å². The third-order valence-corrected chi connectivity index (χ3v) is 3.25. The number of thiocarbonyl (C=S) groups is 1. The summed E-state index contributed by atoms with van der Waals surface area (Å²) in [6.45, 7) is 0. The van der Waals surface area contributed by atoms with Gasteiger partial charge in [0.25, 0.3) is 0 Å². The van der Waals surface area contributed by atoms with Gasteiger partial charge in [0.1, 0.15) is 5.75 Å². The van der Waals surface area contributed by atoms with Crippen molar-refractivity contribution < 1.29 is 32.2 Å². The molecule has 0 heterocycles. The third-order valence-electron chi connectivity index (χ3n) is 3.07. The highest BCUT2D eigenvalue weighted by Crippen LogP contribution is 2.36. The number of rotatable bonds is 4. The molecule has 0 saturated carbocycles. The smallest absolute Gasteiger partial charge is 0.429 e. The first kappa shape index (κ1) is 18.7. The molecule has 0 spiro atoms. The number of esters is 1. The lowest BCUT2D eigenvalue weighted by atomic mass is 10.1. The number of methoxy groups -OCH3 is 1. The van der Waals surface area contributed by atoms with Crippen molar-refractivity contribution in [1.82, 2.24) is 0 Å². The molecule has 0 fully saturated rings. The van der Waals surface area contributed by atoms with Gasteiger partial charge in [-0.1, -0.05) is 30.3 Å². The maximum absolute atomic E-state index is 13.4. The highest BCUT2D eigenvalue weighted by atomic mass is 32.1. The van der Waals surface area contributed by atoms with Crippen molar-refractivity contribution in [1.29, 1.82) is 0 Å². The summed E-state index contributed by atoms with van der Waals surface area (Å²) in [4.78, 5) is 11.5. The third kappa shape index (κ3) is 5.18. The molecule has 1 unspecified atom stereocenters. The van der Waals surface area contributed by atoms with Gasteiger partial charge in [-0.05, 0) is 24.3 Å². The van der Waals surface area contributed by atoms with Crippen LogP contribution in [-0.2, 0) is 9.47 Å². The van der Waals surface area contributed by atoms with E-state index in [1.54, 1.807) is 18.2 Å². The van der Waals surface area contributed by atoms with E-state index in [1.807, 2.05) is 0 Å². The molecule has 2 aromatic rings. The molecule has 0 aromatic heterocycles. The highest BCUT2D eigenvalue weighted by molar-refractivity contribution is 7.79. The monoisotopic (exact) mass is 370 g/mol. The Balaban J connectivity index is 2.22. The Hall–Kier alpha value is -2.61. The lowest BCUT2D eigenvalue weighted by Crippen LogP contribution is -2.27. The summed E-state index contributed by atoms with van der Waals surface area (Å²) in [5, 5.41) is -0.683. The number of carbonyl (C=O) groups is 1. The molecule has 132 valence electrons. The second kappa shape index (κ2) is 7.98. The van der Waals surface area contributed by atoms with Crippen LogP contribution < -0.4 is 4.74 Å². The lowest BCUT2D eigenvalue weighted by molar-refractivity contribution is -0.203. The molecule has 0 radical (unpaired) electrons. The summed E-state index contributed by atoms with van der Waals surface area (Å²) < 4.78 is 54.5. The number of ether oxygens (including phenoxy) is 3. The Morgan fingerprint density at radius 1 is 1.08 bits per heavy atom. The number of alkyl halides is 3. The van der Waals surface area contributed by atoms with Crippen molar-refractivity contribution in [3.8, 4) is 5.75 Å². The van der Waals surface area contributed by atoms with E-state index in [1.165, 1.54) is 30.3 Å². The zero-order valence-electron chi connectivity index (χ0n) is 12.9. The Morgan fingerprint density at radius 3 is 2.36 bits per heavy atom. The molecule has 2 aromatic carbocycles. The second-order valence-corrected chi connectivity index (χ2v) is 5.15. The van der Waals surface area contributed by atoms with E-state index in [-0.39, 0.29) is 16.9 Å². The summed E-state index contributed by atoms with van der Waals surface area (Å²) in [7, 11) is 1.13. The van der Waals surface area contributed by atoms with Gasteiger partial charge in [0, 0.05) is 17.8 Å². The fourth-order valence-electron chi connectivity index (χ4n) is 1.98. The van der Waals surface area contributed by atoms with Crippen LogP contribution in [0.5, 0.6) is 5.75 Å². The Morgan fingerprint density at radius 2 is 1.76 bits per heavy atom. The molecule has 25 heavy (non-hydrogen) atoms. The van der Waals surface area contributed by atoms with Crippen LogP contribution in [0.2, 0.25) is 0 Å². The molecule has 0 N–H and O–H groups in total. The molecule has 0 aliphatic carbocycles. The molecule has 0 amide bonds. The van der Waals surface area contributed by atoms with E-state index in [2.05, 4.69) is 4.74 Å². The number of carbonyl (C=O) groups excluding carboxylic acids is 1. The normalized spacial score (nSPS) is 12.2. The lowest BCUT2D eigenvalue weighted by Gasteiger charge is -2.22. The number of hydrogen-bond acceptors (Lipinski definition) is 5. The standard InChI is InChI=1S/C17H13F3O4S/c1-22-15(21)12-7-5-6-11(10-12)14(17(18,19)20)24-16(25)23-13-8-3-2-4-9-13/h2-10,14H,1H3. The van der Waals surface area contributed by atoms with Gasteiger partial charge < -0.3 is 14.2 Å². The van der Waals surface area contributed by atoms with Crippen LogP contribution >= 0.6 is 12.2 Å². The first-order chi connectivity index (χ1) is 11.8. The number of halogens is 3. The Bertz CT molecular complexity index is 747. The van der Waals surface area contributed by atoms with Crippen molar-refractivity contribution in [2.24, 2.45) is 0 Å². The van der Waals surface area contributed by atoms with E-state index in [0.717, 1.165) is 13.2 Å². The van der Waals surface area contributed by atoms with Crippen LogP contribution in [0.15, 0.2) is 54.6 Å². The van der Waals surface area contributed by atoms with Gasteiger partial charge in [-0.2, -0.15) is 13.2 Å². The van der Waals surface area contributed by atoms with E-state index in [4.69, 9.17) is 21.7 Å². The molecular formula is C17H13F3O4S. The maximum Gasteiger partial charge on any atom is 0.429 e. The average molecular weight is 370 g/mol. The topological polar surface area (TPSA) is 44.8 Å². The first-order valence-corrected chi connectivity index (χ1v) is 7.40. The van der Waals surface area contributed by atoms with Crippen molar-refractivity contribution in [3.05, 3.63) is 65.7 Å². The molecular weight excluding hydrogens is 357 g/mol. The zero-order chi connectivity index (χ0) is 18.4. The van der Waals surface area contributed by atoms with Crippen LogP contribution in [0, 0.1) is 0 Å². The maximum atomic E-state index is 13.4. The Labute approximate surface area is 147 Å². The fourth-order valence-corrected chi connectivity index (χ4v) is 2.17. The van der Waals surface area contributed by atoms with Crippen LogP contribution in [0.3, 0.4) is 0 Å². The van der Waals surface area contributed by atoms with E-state index in [0.29, 0.717) is 0 Å². The minimum Gasteiger partial charge on any atom is -0.465 e. The fraction of sp³-hybridized carbons (Fsp3) is 0.176. The van der Waals surface area contributed by atoms with Crippen molar-refractivity contribution in [2.45, 2.75) is 12.3 Å². The quantitative estimate of drug-likeness (QED) is 0.587. The number of para-hydroxylation sites is 1. The molecule has 4 nitrogen and oxygen atoms in total. The van der Waals surface area contributed by atoms with Crippen LogP contribution in [-0.4, -0.2) is 24.5 Å². The Kier molecular flexibility index (Phi) is 5.97. The molecule has 0 saturated heterocycles.